The minimum atomic E-state index is -0.343. The van der Waals surface area contributed by atoms with Crippen molar-refractivity contribution in [3.63, 3.8) is 0 Å². The van der Waals surface area contributed by atoms with Crippen molar-refractivity contribution in [2.24, 2.45) is 5.73 Å². The summed E-state index contributed by atoms with van der Waals surface area (Å²) >= 11 is 0. The Morgan fingerprint density at radius 1 is 1.15 bits per heavy atom. The fourth-order valence-corrected chi connectivity index (χ4v) is 1.59. The molecule has 4 N–H and O–H groups in total. The summed E-state index contributed by atoms with van der Waals surface area (Å²) in [4.78, 5) is 22.4. The minimum Gasteiger partial charge on any atom is -0.346 e. The van der Waals surface area contributed by atoms with Gasteiger partial charge in [-0.1, -0.05) is 25.5 Å². The van der Waals surface area contributed by atoms with Gasteiger partial charge in [-0.25, -0.2) is 0 Å². The topological polar surface area (TPSA) is 84.2 Å². The van der Waals surface area contributed by atoms with Crippen LogP contribution in [0.3, 0.4) is 0 Å². The monoisotopic (exact) mass is 299 g/mol. The molecule has 1 aromatic carbocycles. The lowest BCUT2D eigenvalue weighted by Crippen LogP contribution is -2.36. The molecule has 0 aliphatic carbocycles. The second kappa shape index (κ2) is 10.2. The Morgan fingerprint density at radius 3 is 2.35 bits per heavy atom. The van der Waals surface area contributed by atoms with E-state index >= 15 is 0 Å². The molecule has 1 aromatic rings. The van der Waals surface area contributed by atoms with Crippen LogP contribution >= 0.6 is 12.4 Å². The van der Waals surface area contributed by atoms with E-state index in [1.54, 1.807) is 0 Å². The van der Waals surface area contributed by atoms with Gasteiger partial charge in [-0.3, -0.25) is 9.59 Å². The molecule has 2 amide bonds. The van der Waals surface area contributed by atoms with E-state index in [0.717, 1.165) is 18.5 Å². The number of unbranched alkanes of at least 4 members (excludes halogenated alkanes) is 1. The van der Waals surface area contributed by atoms with E-state index < -0.39 is 0 Å². The van der Waals surface area contributed by atoms with Crippen molar-refractivity contribution >= 4 is 29.9 Å². The highest BCUT2D eigenvalue weighted by Crippen LogP contribution is 2.11. The zero-order chi connectivity index (χ0) is 14.1. The van der Waals surface area contributed by atoms with Gasteiger partial charge in [0.05, 0.1) is 13.1 Å². The Kier molecular flexibility index (Phi) is 9.41. The number of carbonyl (C=O) groups is 2. The average Bonchev–Trinajstić information content (AvgIpc) is 2.44. The molecule has 0 radical (unpaired) electrons. The number of carbonyl (C=O) groups excluding carboxylic acids is 2. The molecule has 6 heteroatoms. The van der Waals surface area contributed by atoms with Gasteiger partial charge >= 0.3 is 0 Å². The number of nitrogens with two attached hydrogens (primary N) is 1. The van der Waals surface area contributed by atoms with Gasteiger partial charge in [0, 0.05) is 5.69 Å². The maximum Gasteiger partial charge on any atom is 0.243 e. The van der Waals surface area contributed by atoms with E-state index in [4.69, 9.17) is 5.73 Å². The number of nitrogens with one attached hydrogen (secondary N) is 2. The average molecular weight is 300 g/mol. The first kappa shape index (κ1) is 18.4. The molecule has 0 unspecified atom stereocenters. The van der Waals surface area contributed by atoms with Gasteiger partial charge in [-0.15, -0.1) is 12.4 Å². The number of amides is 2. The molecule has 0 spiro atoms. The van der Waals surface area contributed by atoms with Gasteiger partial charge in [-0.2, -0.15) is 0 Å². The molecule has 0 aliphatic heterocycles. The zero-order valence-electron chi connectivity index (χ0n) is 11.6. The molecule has 1 rings (SSSR count). The smallest absolute Gasteiger partial charge is 0.243 e. The van der Waals surface area contributed by atoms with Crippen LogP contribution in [0.5, 0.6) is 0 Å². The van der Waals surface area contributed by atoms with Crippen LogP contribution in [0.1, 0.15) is 25.3 Å². The highest BCUT2D eigenvalue weighted by atomic mass is 35.5. The summed E-state index contributed by atoms with van der Waals surface area (Å²) < 4.78 is 0. The number of hydrogen-bond acceptors (Lipinski definition) is 3. The van der Waals surface area contributed by atoms with Gasteiger partial charge in [0.25, 0.3) is 0 Å². The van der Waals surface area contributed by atoms with Crippen LogP contribution in [0.25, 0.3) is 0 Å². The van der Waals surface area contributed by atoms with E-state index in [-0.39, 0.29) is 37.3 Å². The Bertz CT molecular complexity index is 421. The molecule has 0 fully saturated rings. The molecule has 5 nitrogen and oxygen atoms in total. The molecular weight excluding hydrogens is 278 g/mol. The molecule has 0 aromatic heterocycles. The molecule has 0 heterocycles. The van der Waals surface area contributed by atoms with E-state index in [9.17, 15) is 9.59 Å². The highest BCUT2D eigenvalue weighted by Gasteiger charge is 2.04. The summed E-state index contributed by atoms with van der Waals surface area (Å²) in [5.74, 6) is -0.604. The lowest BCUT2D eigenvalue weighted by molar-refractivity contribution is -0.123. The predicted molar refractivity (Wildman–Crippen MR) is 83.0 cm³/mol. The van der Waals surface area contributed by atoms with Crippen LogP contribution in [0.15, 0.2) is 24.3 Å². The van der Waals surface area contributed by atoms with Crippen LogP contribution < -0.4 is 16.4 Å². The van der Waals surface area contributed by atoms with Crippen LogP contribution in [0.2, 0.25) is 0 Å². The molecule has 0 saturated carbocycles. The SMILES string of the molecule is CCCCc1ccc(NC(=O)CNC(=O)CN)cc1.Cl. The normalized spacial score (nSPS) is 9.50. The number of anilines is 1. The first-order valence-corrected chi connectivity index (χ1v) is 6.51. The maximum absolute atomic E-state index is 11.5. The third kappa shape index (κ3) is 7.11. The lowest BCUT2D eigenvalue weighted by Gasteiger charge is -2.07. The van der Waals surface area contributed by atoms with E-state index in [2.05, 4.69) is 17.6 Å². The Morgan fingerprint density at radius 2 is 1.80 bits per heavy atom. The molecule has 0 aliphatic rings. The first-order chi connectivity index (χ1) is 9.15. The van der Waals surface area contributed by atoms with Crippen LogP contribution in [0, 0.1) is 0 Å². The predicted octanol–water partition coefficient (Wildman–Crippen LogP) is 1.46. The first-order valence-electron chi connectivity index (χ1n) is 6.51. The fourth-order valence-electron chi connectivity index (χ4n) is 1.59. The van der Waals surface area contributed by atoms with Crippen LogP contribution in [-0.2, 0) is 16.0 Å². The van der Waals surface area contributed by atoms with Crippen molar-refractivity contribution in [1.29, 1.82) is 0 Å². The third-order valence-corrected chi connectivity index (χ3v) is 2.69. The second-order valence-electron chi connectivity index (χ2n) is 4.33. The van der Waals surface area contributed by atoms with Gasteiger partial charge in [-0.05, 0) is 30.5 Å². The zero-order valence-corrected chi connectivity index (χ0v) is 12.5. The number of benzene rings is 1. The molecular formula is C14H22ClN3O2. The van der Waals surface area contributed by atoms with E-state index in [1.807, 2.05) is 24.3 Å². The van der Waals surface area contributed by atoms with Crippen molar-refractivity contribution in [2.75, 3.05) is 18.4 Å². The minimum absolute atomic E-state index is 0. The molecule has 112 valence electrons. The lowest BCUT2D eigenvalue weighted by atomic mass is 10.1. The summed E-state index contributed by atoms with van der Waals surface area (Å²) in [7, 11) is 0. The van der Waals surface area contributed by atoms with Gasteiger partial charge < -0.3 is 16.4 Å². The number of rotatable bonds is 7. The standard InChI is InChI=1S/C14H21N3O2.ClH/c1-2-3-4-11-5-7-12(8-6-11)17-14(19)10-16-13(18)9-15;/h5-8H,2-4,9-10,15H2,1H3,(H,16,18)(H,17,19);1H. The summed E-state index contributed by atoms with van der Waals surface area (Å²) in [6.07, 6.45) is 3.38. The van der Waals surface area contributed by atoms with Gasteiger partial charge in [0.15, 0.2) is 0 Å². The van der Waals surface area contributed by atoms with Crippen molar-refractivity contribution < 1.29 is 9.59 Å². The Balaban J connectivity index is 0.00000361. The third-order valence-electron chi connectivity index (χ3n) is 2.69. The molecule has 0 bridgehead atoms. The Hall–Kier alpha value is -1.59. The van der Waals surface area contributed by atoms with E-state index in [1.165, 1.54) is 12.0 Å². The van der Waals surface area contributed by atoms with E-state index in [0.29, 0.717) is 0 Å². The molecule has 0 atom stereocenters. The van der Waals surface area contributed by atoms with Crippen molar-refractivity contribution in [3.8, 4) is 0 Å². The van der Waals surface area contributed by atoms with Crippen molar-refractivity contribution in [3.05, 3.63) is 29.8 Å². The number of hydrogen-bond donors (Lipinski definition) is 3. The van der Waals surface area contributed by atoms with Crippen LogP contribution in [-0.4, -0.2) is 24.9 Å². The van der Waals surface area contributed by atoms with Crippen LogP contribution in [0.4, 0.5) is 5.69 Å². The fraction of sp³-hybridized carbons (Fsp3) is 0.429. The maximum atomic E-state index is 11.5. The highest BCUT2D eigenvalue weighted by molar-refractivity contribution is 5.94. The molecule has 20 heavy (non-hydrogen) atoms. The Labute approximate surface area is 125 Å². The summed E-state index contributed by atoms with van der Waals surface area (Å²) in [5, 5.41) is 5.13. The largest absolute Gasteiger partial charge is 0.346 e. The van der Waals surface area contributed by atoms with Gasteiger partial charge in [0.2, 0.25) is 11.8 Å². The van der Waals surface area contributed by atoms with Crippen molar-refractivity contribution in [1.82, 2.24) is 5.32 Å². The summed E-state index contributed by atoms with van der Waals surface area (Å²) in [6, 6.07) is 7.74. The quantitative estimate of drug-likeness (QED) is 0.713. The molecule has 0 saturated heterocycles. The second-order valence-corrected chi connectivity index (χ2v) is 4.33. The number of aryl methyl sites for hydroxylation is 1. The summed E-state index contributed by atoms with van der Waals surface area (Å²) in [5.41, 5.74) is 7.11. The number of halogens is 1. The summed E-state index contributed by atoms with van der Waals surface area (Å²) in [6.45, 7) is 1.98. The van der Waals surface area contributed by atoms with Crippen molar-refractivity contribution in [2.45, 2.75) is 26.2 Å². The van der Waals surface area contributed by atoms with Gasteiger partial charge in [0.1, 0.15) is 0 Å².